The Morgan fingerprint density at radius 3 is 2.27 bits per heavy atom. The minimum atomic E-state index is -0.227. The van der Waals surface area contributed by atoms with Crippen LogP contribution in [0.3, 0.4) is 0 Å². The van der Waals surface area contributed by atoms with Crippen molar-refractivity contribution in [1.82, 2.24) is 0 Å². The lowest BCUT2D eigenvalue weighted by Gasteiger charge is -2.16. The number of methoxy groups -OCH3 is 2. The van der Waals surface area contributed by atoms with Crippen molar-refractivity contribution in [2.75, 3.05) is 20.8 Å². The van der Waals surface area contributed by atoms with Gasteiger partial charge in [-0.05, 0) is 24.6 Å². The van der Waals surface area contributed by atoms with E-state index in [-0.39, 0.29) is 6.04 Å². The van der Waals surface area contributed by atoms with E-state index < -0.39 is 0 Å². The highest BCUT2D eigenvalue weighted by Gasteiger charge is 2.13. The van der Waals surface area contributed by atoms with E-state index in [1.807, 2.05) is 19.1 Å². The summed E-state index contributed by atoms with van der Waals surface area (Å²) in [6.07, 6.45) is 0. The zero-order valence-corrected chi connectivity index (χ0v) is 9.41. The molecule has 84 valence electrons. The van der Waals surface area contributed by atoms with Gasteiger partial charge in [-0.15, -0.1) is 0 Å². The summed E-state index contributed by atoms with van der Waals surface area (Å²) in [7, 11) is 3.25. The molecule has 0 aliphatic carbocycles. The first-order valence-corrected chi connectivity index (χ1v) is 4.82. The molecule has 0 fully saturated rings. The van der Waals surface area contributed by atoms with Gasteiger partial charge in [0.05, 0.1) is 14.2 Å². The number of aryl methyl sites for hydroxylation is 1. The SMILES string of the molecule is COc1cc(C(N)CN)c(OC)cc1C. The van der Waals surface area contributed by atoms with E-state index in [1.165, 1.54) is 0 Å². The summed E-state index contributed by atoms with van der Waals surface area (Å²) < 4.78 is 10.5. The maximum absolute atomic E-state index is 5.88. The first kappa shape index (κ1) is 11.8. The molecular formula is C11H18N2O2. The third-order valence-corrected chi connectivity index (χ3v) is 2.40. The van der Waals surface area contributed by atoms with Crippen LogP contribution >= 0.6 is 0 Å². The van der Waals surface area contributed by atoms with Crippen molar-refractivity contribution >= 4 is 0 Å². The fraction of sp³-hybridized carbons (Fsp3) is 0.455. The molecule has 0 radical (unpaired) electrons. The molecule has 4 heteroatoms. The van der Waals surface area contributed by atoms with Crippen LogP contribution in [0.2, 0.25) is 0 Å². The van der Waals surface area contributed by atoms with Gasteiger partial charge in [0.15, 0.2) is 0 Å². The van der Waals surface area contributed by atoms with Crippen molar-refractivity contribution in [2.24, 2.45) is 11.5 Å². The highest BCUT2D eigenvalue weighted by Crippen LogP contribution is 2.31. The number of nitrogens with two attached hydrogens (primary N) is 2. The Kier molecular flexibility index (Phi) is 3.94. The molecule has 1 unspecified atom stereocenters. The lowest BCUT2D eigenvalue weighted by atomic mass is 10.0. The zero-order valence-electron chi connectivity index (χ0n) is 9.41. The fourth-order valence-corrected chi connectivity index (χ4v) is 1.49. The molecule has 1 aromatic carbocycles. The van der Waals surface area contributed by atoms with Gasteiger partial charge in [0, 0.05) is 18.2 Å². The smallest absolute Gasteiger partial charge is 0.124 e. The van der Waals surface area contributed by atoms with Crippen LogP contribution in [0, 0.1) is 6.92 Å². The second kappa shape index (κ2) is 5.00. The van der Waals surface area contributed by atoms with Crippen molar-refractivity contribution in [1.29, 1.82) is 0 Å². The lowest BCUT2D eigenvalue weighted by molar-refractivity contribution is 0.393. The first-order chi connectivity index (χ1) is 7.13. The predicted octanol–water partition coefficient (Wildman–Crippen LogP) is 0.971. The molecule has 0 aromatic heterocycles. The standard InChI is InChI=1S/C11H18N2O2/c1-7-4-11(15-3)8(9(13)6-12)5-10(7)14-2/h4-5,9H,6,12-13H2,1-3H3. The molecule has 0 spiro atoms. The van der Waals surface area contributed by atoms with Crippen LogP contribution in [-0.4, -0.2) is 20.8 Å². The van der Waals surface area contributed by atoms with Crippen LogP contribution in [0.1, 0.15) is 17.2 Å². The van der Waals surface area contributed by atoms with Gasteiger partial charge in [-0.3, -0.25) is 0 Å². The Hall–Kier alpha value is -1.26. The Morgan fingerprint density at radius 2 is 1.80 bits per heavy atom. The summed E-state index contributed by atoms with van der Waals surface area (Å²) in [6.45, 7) is 2.33. The van der Waals surface area contributed by atoms with E-state index in [0.717, 1.165) is 22.6 Å². The number of ether oxygens (including phenoxy) is 2. The highest BCUT2D eigenvalue weighted by atomic mass is 16.5. The molecule has 0 bridgehead atoms. The average Bonchev–Trinajstić information content (AvgIpc) is 2.27. The van der Waals surface area contributed by atoms with Gasteiger partial charge >= 0.3 is 0 Å². The monoisotopic (exact) mass is 210 g/mol. The van der Waals surface area contributed by atoms with E-state index in [2.05, 4.69) is 0 Å². The van der Waals surface area contributed by atoms with E-state index in [4.69, 9.17) is 20.9 Å². The Morgan fingerprint density at radius 1 is 1.20 bits per heavy atom. The number of hydrogen-bond acceptors (Lipinski definition) is 4. The molecule has 1 atom stereocenters. The fourth-order valence-electron chi connectivity index (χ4n) is 1.49. The van der Waals surface area contributed by atoms with Gasteiger partial charge in [-0.25, -0.2) is 0 Å². The second-order valence-corrected chi connectivity index (χ2v) is 3.41. The normalized spacial score (nSPS) is 12.3. The van der Waals surface area contributed by atoms with E-state index in [0.29, 0.717) is 6.54 Å². The van der Waals surface area contributed by atoms with E-state index in [9.17, 15) is 0 Å². The maximum atomic E-state index is 5.88. The Bertz CT molecular complexity index is 340. The largest absolute Gasteiger partial charge is 0.496 e. The second-order valence-electron chi connectivity index (χ2n) is 3.41. The lowest BCUT2D eigenvalue weighted by Crippen LogP contribution is -2.21. The van der Waals surface area contributed by atoms with Crippen molar-refractivity contribution in [3.8, 4) is 11.5 Å². The minimum absolute atomic E-state index is 0.227. The first-order valence-electron chi connectivity index (χ1n) is 4.82. The molecule has 4 N–H and O–H groups in total. The molecule has 0 aliphatic heterocycles. The van der Waals surface area contributed by atoms with Crippen LogP contribution in [0.25, 0.3) is 0 Å². The number of hydrogen-bond donors (Lipinski definition) is 2. The van der Waals surface area contributed by atoms with Gasteiger partial charge in [0.25, 0.3) is 0 Å². The summed E-state index contributed by atoms with van der Waals surface area (Å²) in [5.41, 5.74) is 13.3. The predicted molar refractivity (Wildman–Crippen MR) is 60.3 cm³/mol. The van der Waals surface area contributed by atoms with Crippen LogP contribution in [-0.2, 0) is 0 Å². The number of rotatable bonds is 4. The molecule has 0 saturated heterocycles. The van der Waals surface area contributed by atoms with Crippen molar-refractivity contribution < 1.29 is 9.47 Å². The highest BCUT2D eigenvalue weighted by molar-refractivity contribution is 5.47. The maximum Gasteiger partial charge on any atom is 0.124 e. The molecular weight excluding hydrogens is 192 g/mol. The van der Waals surface area contributed by atoms with Crippen LogP contribution in [0.5, 0.6) is 11.5 Å². The van der Waals surface area contributed by atoms with Gasteiger partial charge < -0.3 is 20.9 Å². The molecule has 0 aliphatic rings. The van der Waals surface area contributed by atoms with Crippen LogP contribution < -0.4 is 20.9 Å². The van der Waals surface area contributed by atoms with Gasteiger partial charge in [-0.2, -0.15) is 0 Å². The molecule has 0 saturated carbocycles. The van der Waals surface area contributed by atoms with E-state index >= 15 is 0 Å². The zero-order chi connectivity index (χ0) is 11.4. The van der Waals surface area contributed by atoms with Crippen molar-refractivity contribution in [3.63, 3.8) is 0 Å². The third kappa shape index (κ3) is 2.40. The summed E-state index contributed by atoms with van der Waals surface area (Å²) in [5, 5.41) is 0. The van der Waals surface area contributed by atoms with Crippen molar-refractivity contribution in [2.45, 2.75) is 13.0 Å². The number of benzene rings is 1. The van der Waals surface area contributed by atoms with E-state index in [1.54, 1.807) is 14.2 Å². The van der Waals surface area contributed by atoms with Gasteiger partial charge in [0.1, 0.15) is 11.5 Å². The minimum Gasteiger partial charge on any atom is -0.496 e. The molecule has 1 rings (SSSR count). The molecule has 1 aromatic rings. The quantitative estimate of drug-likeness (QED) is 0.777. The molecule has 4 nitrogen and oxygen atoms in total. The molecule has 0 heterocycles. The summed E-state index contributed by atoms with van der Waals surface area (Å²) in [5.74, 6) is 1.56. The van der Waals surface area contributed by atoms with Crippen LogP contribution in [0.15, 0.2) is 12.1 Å². The Balaban J connectivity index is 3.22. The van der Waals surface area contributed by atoms with Crippen LogP contribution in [0.4, 0.5) is 0 Å². The van der Waals surface area contributed by atoms with Crippen molar-refractivity contribution in [3.05, 3.63) is 23.3 Å². The molecule has 15 heavy (non-hydrogen) atoms. The summed E-state index contributed by atoms with van der Waals surface area (Å²) >= 11 is 0. The Labute approximate surface area is 90.2 Å². The average molecular weight is 210 g/mol. The summed E-state index contributed by atoms with van der Waals surface area (Å²) in [6, 6.07) is 3.56. The molecule has 0 amide bonds. The summed E-state index contributed by atoms with van der Waals surface area (Å²) in [4.78, 5) is 0. The van der Waals surface area contributed by atoms with Gasteiger partial charge in [0.2, 0.25) is 0 Å². The third-order valence-electron chi connectivity index (χ3n) is 2.40. The van der Waals surface area contributed by atoms with Gasteiger partial charge in [-0.1, -0.05) is 0 Å². The topological polar surface area (TPSA) is 70.5 Å².